The summed E-state index contributed by atoms with van der Waals surface area (Å²) in [6.45, 7) is 0. The number of nitrogens with two attached hydrogens (primary N) is 1. The molecule has 0 saturated heterocycles. The van der Waals surface area contributed by atoms with Gasteiger partial charge in [-0.3, -0.25) is 4.98 Å². The highest BCUT2D eigenvalue weighted by Gasteiger charge is 2.12. The van der Waals surface area contributed by atoms with Crippen molar-refractivity contribution in [2.75, 3.05) is 5.73 Å². The summed E-state index contributed by atoms with van der Waals surface area (Å²) in [5.74, 6) is -1.57. The van der Waals surface area contributed by atoms with Gasteiger partial charge in [0.05, 0.1) is 16.9 Å². The summed E-state index contributed by atoms with van der Waals surface area (Å²) in [6.07, 6.45) is 1.15. The monoisotopic (exact) mass is 232 g/mol. The Hall–Kier alpha value is -2.43. The minimum Gasteiger partial charge on any atom is -0.478 e. The first-order valence-electron chi connectivity index (χ1n) is 4.83. The number of aromatic nitrogens is 1. The number of benzene rings is 1. The summed E-state index contributed by atoms with van der Waals surface area (Å²) < 4.78 is 13.5. The van der Waals surface area contributed by atoms with Crippen LogP contribution in [0.2, 0.25) is 0 Å². The molecular weight excluding hydrogens is 223 g/mol. The first kappa shape index (κ1) is 11.1. The zero-order valence-electron chi connectivity index (χ0n) is 8.72. The number of hydrogen-bond donors (Lipinski definition) is 2. The summed E-state index contributed by atoms with van der Waals surface area (Å²) in [4.78, 5) is 14.6. The summed E-state index contributed by atoms with van der Waals surface area (Å²) in [6, 6.07) is 7.30. The number of rotatable bonds is 2. The van der Waals surface area contributed by atoms with E-state index in [1.807, 2.05) is 0 Å². The second-order valence-corrected chi connectivity index (χ2v) is 3.45. The van der Waals surface area contributed by atoms with Crippen LogP contribution in [-0.4, -0.2) is 16.1 Å². The van der Waals surface area contributed by atoms with Crippen LogP contribution >= 0.6 is 0 Å². The number of carboxylic acids is 1. The van der Waals surface area contributed by atoms with Crippen molar-refractivity contribution in [3.63, 3.8) is 0 Å². The van der Waals surface area contributed by atoms with Crippen LogP contribution in [0.15, 0.2) is 36.5 Å². The van der Waals surface area contributed by atoms with E-state index in [2.05, 4.69) is 4.98 Å². The molecule has 1 aromatic carbocycles. The Morgan fingerprint density at radius 2 is 2.06 bits per heavy atom. The van der Waals surface area contributed by atoms with Gasteiger partial charge in [-0.05, 0) is 18.2 Å². The normalized spacial score (nSPS) is 10.2. The number of nitrogens with zero attached hydrogens (tertiary/aromatic N) is 1. The number of carbonyl (C=O) groups is 1. The van der Waals surface area contributed by atoms with Crippen molar-refractivity contribution in [1.82, 2.24) is 4.98 Å². The zero-order chi connectivity index (χ0) is 12.4. The standard InChI is InChI=1S/C12H9FN2O2/c13-9-4-2-1-3-8(9)11-10(14)5-7(6-15-11)12(16)17/h1-6H,14H2,(H,16,17). The van der Waals surface area contributed by atoms with Crippen molar-refractivity contribution < 1.29 is 14.3 Å². The molecule has 0 spiro atoms. The zero-order valence-corrected chi connectivity index (χ0v) is 8.72. The first-order chi connectivity index (χ1) is 8.09. The number of nitrogen functional groups attached to an aromatic ring is 1. The molecule has 0 unspecified atom stereocenters. The van der Waals surface area contributed by atoms with Gasteiger partial charge in [-0.2, -0.15) is 0 Å². The molecule has 0 atom stereocenters. The summed E-state index contributed by atoms with van der Waals surface area (Å²) >= 11 is 0. The summed E-state index contributed by atoms with van der Waals surface area (Å²) in [5, 5.41) is 8.76. The molecule has 3 N–H and O–H groups in total. The van der Waals surface area contributed by atoms with E-state index in [4.69, 9.17) is 10.8 Å². The van der Waals surface area contributed by atoms with Gasteiger partial charge < -0.3 is 10.8 Å². The van der Waals surface area contributed by atoms with Crippen LogP contribution in [0.3, 0.4) is 0 Å². The predicted molar refractivity (Wildman–Crippen MR) is 61.0 cm³/mol. The van der Waals surface area contributed by atoms with Crippen molar-refractivity contribution in [3.05, 3.63) is 47.9 Å². The van der Waals surface area contributed by atoms with Gasteiger partial charge in [0.2, 0.25) is 0 Å². The van der Waals surface area contributed by atoms with E-state index in [-0.39, 0.29) is 22.5 Å². The predicted octanol–water partition coefficient (Wildman–Crippen LogP) is 2.17. The highest BCUT2D eigenvalue weighted by Crippen LogP contribution is 2.26. The fourth-order valence-electron chi connectivity index (χ4n) is 1.48. The third kappa shape index (κ3) is 2.08. The molecule has 0 aliphatic heterocycles. The van der Waals surface area contributed by atoms with Gasteiger partial charge in [0, 0.05) is 11.8 Å². The van der Waals surface area contributed by atoms with Crippen molar-refractivity contribution in [3.8, 4) is 11.3 Å². The lowest BCUT2D eigenvalue weighted by atomic mass is 10.1. The average molecular weight is 232 g/mol. The van der Waals surface area contributed by atoms with E-state index in [0.29, 0.717) is 0 Å². The van der Waals surface area contributed by atoms with Gasteiger partial charge in [0.25, 0.3) is 0 Å². The Bertz CT molecular complexity index is 584. The lowest BCUT2D eigenvalue weighted by Crippen LogP contribution is -2.02. The number of aromatic carboxylic acids is 1. The quantitative estimate of drug-likeness (QED) is 0.831. The lowest BCUT2D eigenvalue weighted by molar-refractivity contribution is 0.0696. The molecule has 1 heterocycles. The van der Waals surface area contributed by atoms with Crippen LogP contribution in [-0.2, 0) is 0 Å². The van der Waals surface area contributed by atoms with E-state index in [1.54, 1.807) is 12.1 Å². The molecule has 86 valence electrons. The number of pyridine rings is 1. The highest BCUT2D eigenvalue weighted by atomic mass is 19.1. The fraction of sp³-hybridized carbons (Fsp3) is 0. The van der Waals surface area contributed by atoms with Crippen LogP contribution in [0, 0.1) is 5.82 Å². The van der Waals surface area contributed by atoms with Crippen molar-refractivity contribution in [1.29, 1.82) is 0 Å². The molecule has 4 nitrogen and oxygen atoms in total. The Morgan fingerprint density at radius 3 is 2.65 bits per heavy atom. The van der Waals surface area contributed by atoms with E-state index in [1.165, 1.54) is 18.2 Å². The van der Waals surface area contributed by atoms with E-state index < -0.39 is 11.8 Å². The molecule has 2 aromatic rings. The number of halogens is 1. The molecule has 0 aliphatic carbocycles. The van der Waals surface area contributed by atoms with Gasteiger partial charge >= 0.3 is 5.97 Å². The summed E-state index contributed by atoms with van der Waals surface area (Å²) in [5.41, 5.74) is 6.27. The number of carboxylic acid groups (broad SMARTS) is 1. The molecular formula is C12H9FN2O2. The number of anilines is 1. The molecule has 5 heteroatoms. The van der Waals surface area contributed by atoms with Gasteiger partial charge in [0.1, 0.15) is 5.82 Å². The number of hydrogen-bond acceptors (Lipinski definition) is 3. The lowest BCUT2D eigenvalue weighted by Gasteiger charge is -2.06. The second-order valence-electron chi connectivity index (χ2n) is 3.45. The molecule has 2 rings (SSSR count). The van der Waals surface area contributed by atoms with Crippen LogP contribution in [0.1, 0.15) is 10.4 Å². The largest absolute Gasteiger partial charge is 0.478 e. The van der Waals surface area contributed by atoms with Crippen molar-refractivity contribution in [2.45, 2.75) is 0 Å². The Balaban J connectivity index is 2.55. The van der Waals surface area contributed by atoms with Gasteiger partial charge in [-0.25, -0.2) is 9.18 Å². The van der Waals surface area contributed by atoms with Crippen molar-refractivity contribution in [2.24, 2.45) is 0 Å². The van der Waals surface area contributed by atoms with Crippen LogP contribution in [0.5, 0.6) is 0 Å². The Labute approximate surface area is 96.5 Å². The van der Waals surface area contributed by atoms with E-state index in [9.17, 15) is 9.18 Å². The SMILES string of the molecule is Nc1cc(C(=O)O)cnc1-c1ccccc1F. The fourth-order valence-corrected chi connectivity index (χ4v) is 1.48. The third-order valence-electron chi connectivity index (χ3n) is 2.29. The minimum atomic E-state index is -1.12. The summed E-state index contributed by atoms with van der Waals surface area (Å²) in [7, 11) is 0. The second kappa shape index (κ2) is 4.21. The maximum absolute atomic E-state index is 13.5. The molecule has 0 aliphatic rings. The molecule has 17 heavy (non-hydrogen) atoms. The molecule has 0 saturated carbocycles. The first-order valence-corrected chi connectivity index (χ1v) is 4.83. The molecule has 0 bridgehead atoms. The average Bonchev–Trinajstić information content (AvgIpc) is 2.30. The topological polar surface area (TPSA) is 76.2 Å². The molecule has 0 fully saturated rings. The minimum absolute atomic E-state index is 0.0254. The van der Waals surface area contributed by atoms with E-state index in [0.717, 1.165) is 6.20 Å². The van der Waals surface area contributed by atoms with Gasteiger partial charge in [0.15, 0.2) is 0 Å². The Kier molecular flexibility index (Phi) is 2.74. The maximum atomic E-state index is 13.5. The van der Waals surface area contributed by atoms with Crippen LogP contribution in [0.25, 0.3) is 11.3 Å². The van der Waals surface area contributed by atoms with Crippen LogP contribution < -0.4 is 5.73 Å². The highest BCUT2D eigenvalue weighted by molar-refractivity contribution is 5.90. The molecule has 1 aromatic heterocycles. The van der Waals surface area contributed by atoms with Crippen LogP contribution in [0.4, 0.5) is 10.1 Å². The smallest absolute Gasteiger partial charge is 0.337 e. The van der Waals surface area contributed by atoms with Gasteiger partial charge in [-0.15, -0.1) is 0 Å². The van der Waals surface area contributed by atoms with Crippen molar-refractivity contribution >= 4 is 11.7 Å². The molecule has 0 radical (unpaired) electrons. The Morgan fingerprint density at radius 1 is 1.35 bits per heavy atom. The molecule has 0 amide bonds. The third-order valence-corrected chi connectivity index (χ3v) is 2.29. The van der Waals surface area contributed by atoms with Gasteiger partial charge in [-0.1, -0.05) is 12.1 Å². The van der Waals surface area contributed by atoms with E-state index >= 15 is 0 Å². The maximum Gasteiger partial charge on any atom is 0.337 e.